The summed E-state index contributed by atoms with van der Waals surface area (Å²) < 4.78 is 10.8. The Morgan fingerprint density at radius 2 is 2.00 bits per heavy atom. The molecule has 0 bridgehead atoms. The summed E-state index contributed by atoms with van der Waals surface area (Å²) in [6.07, 6.45) is 0.509. The molecule has 1 saturated heterocycles. The van der Waals surface area contributed by atoms with Crippen molar-refractivity contribution in [1.29, 1.82) is 0 Å². The van der Waals surface area contributed by atoms with Crippen molar-refractivity contribution < 1.29 is 19.4 Å². The van der Waals surface area contributed by atoms with E-state index >= 15 is 0 Å². The highest BCUT2D eigenvalue weighted by Crippen LogP contribution is 2.34. The van der Waals surface area contributed by atoms with Crippen molar-refractivity contribution in [3.63, 3.8) is 0 Å². The molecule has 1 aromatic rings. The lowest BCUT2D eigenvalue weighted by Crippen LogP contribution is -2.41. The maximum absolute atomic E-state index is 11.2. The second kappa shape index (κ2) is 14.7. The van der Waals surface area contributed by atoms with E-state index in [-0.39, 0.29) is 12.5 Å². The van der Waals surface area contributed by atoms with Gasteiger partial charge < -0.3 is 19.5 Å². The molecule has 5 nitrogen and oxygen atoms in total. The van der Waals surface area contributed by atoms with Gasteiger partial charge >= 0.3 is 5.97 Å². The van der Waals surface area contributed by atoms with Crippen molar-refractivity contribution in [2.75, 3.05) is 13.7 Å². The van der Waals surface area contributed by atoms with Gasteiger partial charge in [-0.3, -0.25) is 4.79 Å². The SMILES string of the molecule is CC.CC.COC(C)O[C@H](CC(=O)O)C(=S)N1CCCC1c1cccc(Cl)c1. The number of hydrogen-bond donors (Lipinski definition) is 1. The van der Waals surface area contributed by atoms with Crippen LogP contribution in [0.1, 0.15) is 65.5 Å². The third kappa shape index (κ3) is 8.43. The number of benzene rings is 1. The van der Waals surface area contributed by atoms with Crippen LogP contribution in [0.15, 0.2) is 24.3 Å². The Balaban J connectivity index is 0.00000171. The van der Waals surface area contributed by atoms with Gasteiger partial charge in [0.1, 0.15) is 11.1 Å². The van der Waals surface area contributed by atoms with E-state index in [9.17, 15) is 4.79 Å². The highest BCUT2D eigenvalue weighted by Gasteiger charge is 2.33. The second-order valence-corrected chi connectivity index (χ2v) is 6.63. The molecule has 3 atom stereocenters. The minimum absolute atomic E-state index is 0.0916. The molecule has 0 amide bonds. The molecule has 1 N–H and O–H groups in total. The Kier molecular flexibility index (Phi) is 14.1. The molecule has 0 aromatic heterocycles. The van der Waals surface area contributed by atoms with E-state index in [1.807, 2.05) is 52.0 Å². The van der Waals surface area contributed by atoms with Crippen LogP contribution in [0.3, 0.4) is 0 Å². The number of carboxylic acids is 1. The molecule has 0 aliphatic carbocycles. The van der Waals surface area contributed by atoms with Crippen molar-refractivity contribution in [2.45, 2.75) is 72.3 Å². The van der Waals surface area contributed by atoms with E-state index in [0.717, 1.165) is 24.9 Å². The molecule has 1 heterocycles. The zero-order valence-corrected chi connectivity index (χ0v) is 19.3. The minimum atomic E-state index is -0.954. The maximum atomic E-state index is 11.2. The quantitative estimate of drug-likeness (QED) is 0.440. The first-order valence-electron chi connectivity index (χ1n) is 9.88. The van der Waals surface area contributed by atoms with E-state index in [2.05, 4.69) is 4.90 Å². The fraction of sp³-hybridized carbons (Fsp3) is 0.619. The summed E-state index contributed by atoms with van der Waals surface area (Å²) in [6, 6.07) is 7.78. The molecule has 2 rings (SSSR count). The molecule has 1 fully saturated rings. The van der Waals surface area contributed by atoms with E-state index in [0.29, 0.717) is 10.0 Å². The largest absolute Gasteiger partial charge is 0.481 e. The highest BCUT2D eigenvalue weighted by atomic mass is 35.5. The number of halogens is 1. The van der Waals surface area contributed by atoms with Crippen molar-refractivity contribution in [3.05, 3.63) is 34.9 Å². The van der Waals surface area contributed by atoms with Gasteiger partial charge in [-0.1, -0.05) is 63.6 Å². The van der Waals surface area contributed by atoms with Crippen LogP contribution in [-0.4, -0.2) is 47.0 Å². The molecule has 0 radical (unpaired) electrons. The van der Waals surface area contributed by atoms with Crippen LogP contribution in [-0.2, 0) is 14.3 Å². The van der Waals surface area contributed by atoms with Crippen LogP contribution < -0.4 is 0 Å². The van der Waals surface area contributed by atoms with Gasteiger partial charge in [0.25, 0.3) is 0 Å². The Labute approximate surface area is 180 Å². The molecule has 0 spiro atoms. The third-order valence-electron chi connectivity index (χ3n) is 4.09. The van der Waals surface area contributed by atoms with E-state index in [1.165, 1.54) is 7.11 Å². The van der Waals surface area contributed by atoms with Gasteiger partial charge in [0, 0.05) is 18.7 Å². The first kappa shape index (κ1) is 26.8. The van der Waals surface area contributed by atoms with E-state index < -0.39 is 18.4 Å². The number of nitrogens with zero attached hydrogens (tertiary/aromatic N) is 1. The van der Waals surface area contributed by atoms with Crippen molar-refractivity contribution >= 4 is 34.8 Å². The first-order chi connectivity index (χ1) is 13.4. The van der Waals surface area contributed by atoms with Crippen molar-refractivity contribution in [3.8, 4) is 0 Å². The summed E-state index contributed by atoms with van der Waals surface area (Å²) in [7, 11) is 1.51. The Hall–Kier alpha value is -1.21. The second-order valence-electron chi connectivity index (χ2n) is 5.77. The summed E-state index contributed by atoms with van der Waals surface area (Å²) in [6.45, 7) is 10.5. The van der Waals surface area contributed by atoms with Crippen molar-refractivity contribution in [2.24, 2.45) is 0 Å². The number of carbonyl (C=O) groups is 1. The lowest BCUT2D eigenvalue weighted by atomic mass is 10.0. The smallest absolute Gasteiger partial charge is 0.306 e. The van der Waals surface area contributed by atoms with Crippen LogP contribution >= 0.6 is 23.8 Å². The molecule has 1 aromatic carbocycles. The van der Waals surface area contributed by atoms with Crippen LogP contribution in [0.25, 0.3) is 0 Å². The minimum Gasteiger partial charge on any atom is -0.481 e. The number of rotatable bonds is 7. The molecule has 2 unspecified atom stereocenters. The molecule has 7 heteroatoms. The predicted molar refractivity (Wildman–Crippen MR) is 119 cm³/mol. The normalized spacial score (nSPS) is 17.5. The lowest BCUT2D eigenvalue weighted by Gasteiger charge is -2.32. The number of methoxy groups -OCH3 is 1. The number of hydrogen-bond acceptors (Lipinski definition) is 4. The van der Waals surface area contributed by atoms with Gasteiger partial charge in [0.05, 0.1) is 12.5 Å². The summed E-state index contributed by atoms with van der Waals surface area (Å²) in [5.74, 6) is -0.954. The van der Waals surface area contributed by atoms with Gasteiger partial charge in [0.15, 0.2) is 6.29 Å². The predicted octanol–water partition coefficient (Wildman–Crippen LogP) is 5.71. The van der Waals surface area contributed by atoms with Gasteiger partial charge in [-0.15, -0.1) is 0 Å². The molecule has 0 saturated carbocycles. The molecular formula is C21H34ClNO4S. The number of likely N-dealkylation sites (tertiary alicyclic amines) is 1. The van der Waals surface area contributed by atoms with E-state index in [4.69, 9.17) is 38.4 Å². The average molecular weight is 432 g/mol. The third-order valence-corrected chi connectivity index (χ3v) is 4.83. The number of aliphatic carboxylic acids is 1. The summed E-state index contributed by atoms with van der Waals surface area (Å²) in [5.41, 5.74) is 1.08. The first-order valence-corrected chi connectivity index (χ1v) is 10.7. The number of thiocarbonyl (C=S) groups is 1. The Bertz CT molecular complexity index is 600. The summed E-state index contributed by atoms with van der Waals surface area (Å²) >= 11 is 11.7. The lowest BCUT2D eigenvalue weighted by molar-refractivity contribution is -0.150. The standard InChI is InChI=1S/C17H22ClNO4S.2C2H6/c1-11(22-2)23-15(10-16(20)21)17(24)19-8-4-7-14(19)12-5-3-6-13(18)9-12;2*1-2/h3,5-6,9,11,14-15H,4,7-8,10H2,1-2H3,(H,20,21);2*1-2H3/t11?,14?,15-;;/m1../s1. The fourth-order valence-corrected chi connectivity index (χ4v) is 3.47. The van der Waals surface area contributed by atoms with Gasteiger partial charge in [-0.05, 0) is 37.5 Å². The molecule has 160 valence electrons. The maximum Gasteiger partial charge on any atom is 0.306 e. The molecule has 1 aliphatic rings. The Morgan fingerprint density at radius 3 is 2.54 bits per heavy atom. The van der Waals surface area contributed by atoms with Crippen molar-refractivity contribution in [1.82, 2.24) is 4.90 Å². The zero-order valence-electron chi connectivity index (χ0n) is 17.8. The fourth-order valence-electron chi connectivity index (χ4n) is 2.91. The topological polar surface area (TPSA) is 59.0 Å². The zero-order chi connectivity index (χ0) is 21.7. The van der Waals surface area contributed by atoms with Crippen LogP contribution in [0.2, 0.25) is 5.02 Å². The van der Waals surface area contributed by atoms with Crippen LogP contribution in [0.5, 0.6) is 0 Å². The molecular weight excluding hydrogens is 398 g/mol. The van der Waals surface area contributed by atoms with Crippen LogP contribution in [0.4, 0.5) is 0 Å². The Morgan fingerprint density at radius 1 is 1.36 bits per heavy atom. The number of carboxylic acid groups (broad SMARTS) is 1. The van der Waals surface area contributed by atoms with Gasteiger partial charge in [-0.2, -0.15) is 0 Å². The van der Waals surface area contributed by atoms with Crippen LogP contribution in [0, 0.1) is 0 Å². The molecule has 28 heavy (non-hydrogen) atoms. The van der Waals surface area contributed by atoms with Gasteiger partial charge in [-0.25, -0.2) is 0 Å². The van der Waals surface area contributed by atoms with E-state index in [1.54, 1.807) is 6.92 Å². The average Bonchev–Trinajstić information content (AvgIpc) is 3.19. The summed E-state index contributed by atoms with van der Waals surface area (Å²) in [4.78, 5) is 13.7. The molecule has 1 aliphatic heterocycles. The van der Waals surface area contributed by atoms with Gasteiger partial charge in [0.2, 0.25) is 0 Å². The monoisotopic (exact) mass is 431 g/mol. The highest BCUT2D eigenvalue weighted by molar-refractivity contribution is 7.80. The summed E-state index contributed by atoms with van der Waals surface area (Å²) in [5, 5.41) is 9.84. The number of ether oxygens (including phenoxy) is 2.